The summed E-state index contributed by atoms with van der Waals surface area (Å²) in [5.74, 6) is -1.84. The predicted molar refractivity (Wildman–Crippen MR) is 135 cm³/mol. The molecular formula is C26H32FN3O5S. The van der Waals surface area contributed by atoms with E-state index in [9.17, 15) is 27.2 Å². The predicted octanol–water partition coefficient (Wildman–Crippen LogP) is 3.27. The summed E-state index contributed by atoms with van der Waals surface area (Å²) in [5, 5.41) is 2.95. The Hall–Kier alpha value is -3.27. The summed E-state index contributed by atoms with van der Waals surface area (Å²) in [4.78, 5) is 39.6. The SMILES string of the molecule is CC(=O)c1cccc(N(CC(=O)N(Cc2ccccc2F)[C@@H](C)C(=O)NC2CCCC2)S(C)(=O)=O)c1. The van der Waals surface area contributed by atoms with E-state index >= 15 is 0 Å². The van der Waals surface area contributed by atoms with Crippen LogP contribution in [0.15, 0.2) is 48.5 Å². The molecule has 1 saturated carbocycles. The molecule has 1 aliphatic carbocycles. The van der Waals surface area contributed by atoms with Crippen LogP contribution >= 0.6 is 0 Å². The van der Waals surface area contributed by atoms with Gasteiger partial charge in [0.25, 0.3) is 0 Å². The summed E-state index contributed by atoms with van der Waals surface area (Å²) in [5.41, 5.74) is 0.643. The first-order chi connectivity index (χ1) is 17.0. The number of rotatable bonds is 10. The standard InChI is InChI=1S/C26H32FN3O5S/c1-18(26(33)28-22-11-5-6-12-22)29(16-21-9-4-7-14-24(21)27)25(32)17-30(36(3,34)35)23-13-8-10-20(15-23)19(2)31/h4,7-10,13-15,18,22H,5-6,11-12,16-17H2,1-3H3,(H,28,33)/t18-/m0/s1. The van der Waals surface area contributed by atoms with Gasteiger partial charge in [-0.3, -0.25) is 18.7 Å². The fourth-order valence-corrected chi connectivity index (χ4v) is 5.12. The molecule has 194 valence electrons. The lowest BCUT2D eigenvalue weighted by atomic mass is 10.1. The van der Waals surface area contributed by atoms with Gasteiger partial charge in [-0.1, -0.05) is 43.2 Å². The van der Waals surface area contributed by atoms with Crippen molar-refractivity contribution in [3.63, 3.8) is 0 Å². The van der Waals surface area contributed by atoms with Crippen molar-refractivity contribution < 1.29 is 27.2 Å². The summed E-state index contributed by atoms with van der Waals surface area (Å²) in [6.07, 6.45) is 4.69. The first-order valence-corrected chi connectivity index (χ1v) is 13.7. The Bertz CT molecular complexity index is 1230. The van der Waals surface area contributed by atoms with E-state index in [0.29, 0.717) is 5.56 Å². The lowest BCUT2D eigenvalue weighted by Crippen LogP contribution is -2.52. The Morgan fingerprint density at radius 2 is 1.75 bits per heavy atom. The molecule has 1 N–H and O–H groups in total. The van der Waals surface area contributed by atoms with Crippen molar-refractivity contribution in [2.24, 2.45) is 0 Å². The molecular weight excluding hydrogens is 485 g/mol. The molecule has 0 aromatic heterocycles. The van der Waals surface area contributed by atoms with E-state index in [1.165, 1.54) is 48.2 Å². The van der Waals surface area contributed by atoms with E-state index < -0.39 is 34.3 Å². The molecule has 10 heteroatoms. The lowest BCUT2D eigenvalue weighted by Gasteiger charge is -2.32. The second-order valence-electron chi connectivity index (χ2n) is 9.16. The molecule has 0 spiro atoms. The number of nitrogens with zero attached hydrogens (tertiary/aromatic N) is 2. The van der Waals surface area contributed by atoms with Gasteiger partial charge in [-0.15, -0.1) is 0 Å². The number of nitrogens with one attached hydrogen (secondary N) is 1. The van der Waals surface area contributed by atoms with Crippen LogP contribution in [0.3, 0.4) is 0 Å². The third kappa shape index (κ3) is 6.90. The summed E-state index contributed by atoms with van der Waals surface area (Å²) in [7, 11) is -3.93. The number of hydrogen-bond acceptors (Lipinski definition) is 5. The molecule has 8 nitrogen and oxygen atoms in total. The smallest absolute Gasteiger partial charge is 0.244 e. The van der Waals surface area contributed by atoms with E-state index in [2.05, 4.69) is 5.32 Å². The van der Waals surface area contributed by atoms with E-state index in [4.69, 9.17) is 0 Å². The van der Waals surface area contributed by atoms with Crippen molar-refractivity contribution in [2.45, 2.75) is 58.2 Å². The van der Waals surface area contributed by atoms with Crippen LogP contribution in [0, 0.1) is 5.82 Å². The molecule has 0 aliphatic heterocycles. The minimum Gasteiger partial charge on any atom is -0.352 e. The summed E-state index contributed by atoms with van der Waals surface area (Å²) in [6, 6.07) is 10.9. The zero-order chi connectivity index (χ0) is 26.5. The molecule has 36 heavy (non-hydrogen) atoms. The molecule has 0 unspecified atom stereocenters. The zero-order valence-electron chi connectivity index (χ0n) is 20.7. The van der Waals surface area contributed by atoms with Crippen molar-refractivity contribution in [2.75, 3.05) is 17.1 Å². The highest BCUT2D eigenvalue weighted by Gasteiger charge is 2.32. The Morgan fingerprint density at radius 3 is 2.36 bits per heavy atom. The number of sulfonamides is 1. The van der Waals surface area contributed by atoms with E-state index in [1.54, 1.807) is 19.1 Å². The highest BCUT2D eigenvalue weighted by molar-refractivity contribution is 7.92. The first kappa shape index (κ1) is 27.3. The van der Waals surface area contributed by atoms with Crippen LogP contribution in [0.1, 0.15) is 55.5 Å². The number of amides is 2. The molecule has 0 bridgehead atoms. The van der Waals surface area contributed by atoms with Gasteiger partial charge in [-0.25, -0.2) is 12.8 Å². The third-order valence-corrected chi connectivity index (χ3v) is 7.53. The van der Waals surface area contributed by atoms with Crippen LogP contribution in [-0.2, 0) is 26.2 Å². The van der Waals surface area contributed by atoms with Crippen LogP contribution in [0.2, 0.25) is 0 Å². The summed E-state index contributed by atoms with van der Waals surface area (Å²) >= 11 is 0. The number of anilines is 1. The fourth-order valence-electron chi connectivity index (χ4n) is 4.28. The van der Waals surface area contributed by atoms with Gasteiger partial charge >= 0.3 is 0 Å². The van der Waals surface area contributed by atoms with Gasteiger partial charge in [-0.05, 0) is 44.9 Å². The van der Waals surface area contributed by atoms with Gasteiger partial charge in [-0.2, -0.15) is 0 Å². The molecule has 1 aliphatic rings. The number of halogens is 1. The summed E-state index contributed by atoms with van der Waals surface area (Å²) < 4.78 is 40.6. The number of Topliss-reactive ketones (excluding diaryl/α,β-unsaturated/α-hetero) is 1. The van der Waals surface area contributed by atoms with Gasteiger partial charge in [0.2, 0.25) is 21.8 Å². The van der Waals surface area contributed by atoms with Gasteiger partial charge in [0.05, 0.1) is 11.9 Å². The quantitative estimate of drug-likeness (QED) is 0.487. The number of carbonyl (C=O) groups is 3. The molecule has 0 heterocycles. The summed E-state index contributed by atoms with van der Waals surface area (Å²) in [6.45, 7) is 2.07. The normalized spacial score (nSPS) is 14.8. The molecule has 2 amide bonds. The molecule has 0 saturated heterocycles. The Kier molecular flexibility index (Phi) is 8.84. The number of hydrogen-bond donors (Lipinski definition) is 1. The molecule has 0 radical (unpaired) electrons. The van der Waals surface area contributed by atoms with E-state index in [0.717, 1.165) is 36.2 Å². The topological polar surface area (TPSA) is 104 Å². The van der Waals surface area contributed by atoms with Crippen molar-refractivity contribution in [1.82, 2.24) is 10.2 Å². The van der Waals surface area contributed by atoms with Gasteiger partial charge in [0.15, 0.2) is 5.78 Å². The molecule has 3 rings (SSSR count). The molecule has 2 aromatic rings. The second kappa shape index (κ2) is 11.6. The van der Waals surface area contributed by atoms with E-state index in [1.807, 2.05) is 0 Å². The Balaban J connectivity index is 1.91. The molecule has 1 fully saturated rings. The largest absolute Gasteiger partial charge is 0.352 e. The third-order valence-electron chi connectivity index (χ3n) is 6.39. The van der Waals surface area contributed by atoms with Gasteiger partial charge < -0.3 is 10.2 Å². The van der Waals surface area contributed by atoms with Crippen molar-refractivity contribution >= 4 is 33.3 Å². The van der Waals surface area contributed by atoms with Crippen LogP contribution in [0.4, 0.5) is 10.1 Å². The molecule has 1 atom stereocenters. The Labute approximate surface area is 211 Å². The highest BCUT2D eigenvalue weighted by atomic mass is 32.2. The second-order valence-corrected chi connectivity index (χ2v) is 11.1. The fraction of sp³-hybridized carbons (Fsp3) is 0.423. The van der Waals surface area contributed by atoms with Crippen molar-refractivity contribution in [1.29, 1.82) is 0 Å². The van der Waals surface area contributed by atoms with Gasteiger partial charge in [0.1, 0.15) is 18.4 Å². The maximum Gasteiger partial charge on any atom is 0.244 e. The van der Waals surface area contributed by atoms with E-state index in [-0.39, 0.29) is 35.5 Å². The maximum atomic E-state index is 14.5. The first-order valence-electron chi connectivity index (χ1n) is 11.9. The van der Waals surface area contributed by atoms with Crippen LogP contribution in [-0.4, -0.2) is 55.8 Å². The number of benzene rings is 2. The zero-order valence-corrected chi connectivity index (χ0v) is 21.6. The van der Waals surface area contributed by atoms with Crippen LogP contribution < -0.4 is 9.62 Å². The number of ketones is 1. The number of carbonyl (C=O) groups excluding carboxylic acids is 3. The van der Waals surface area contributed by atoms with Crippen LogP contribution in [0.25, 0.3) is 0 Å². The van der Waals surface area contributed by atoms with Crippen LogP contribution in [0.5, 0.6) is 0 Å². The average Bonchev–Trinajstić information content (AvgIpc) is 3.33. The highest BCUT2D eigenvalue weighted by Crippen LogP contribution is 2.22. The Morgan fingerprint density at radius 1 is 1.08 bits per heavy atom. The van der Waals surface area contributed by atoms with Crippen molar-refractivity contribution in [3.05, 3.63) is 65.5 Å². The monoisotopic (exact) mass is 517 g/mol. The minimum atomic E-state index is -3.93. The molecule has 2 aromatic carbocycles. The minimum absolute atomic E-state index is 0.0206. The maximum absolute atomic E-state index is 14.5. The van der Waals surface area contributed by atoms with Gasteiger partial charge in [0, 0.05) is 23.7 Å². The van der Waals surface area contributed by atoms with Crippen molar-refractivity contribution in [3.8, 4) is 0 Å². The lowest BCUT2D eigenvalue weighted by molar-refractivity contribution is -0.139. The average molecular weight is 518 g/mol.